The number of carbonyl (C=O) groups excluding carboxylic acids is 1. The van der Waals surface area contributed by atoms with Crippen molar-refractivity contribution in [3.8, 4) is 5.75 Å². The van der Waals surface area contributed by atoms with E-state index in [1.807, 2.05) is 37.4 Å². The molecule has 104 valence electrons. The number of rotatable bonds is 7. The van der Waals surface area contributed by atoms with Crippen LogP contribution in [0.15, 0.2) is 30.3 Å². The third kappa shape index (κ3) is 3.96. The molecule has 0 aliphatic heterocycles. The van der Waals surface area contributed by atoms with Crippen molar-refractivity contribution in [2.45, 2.75) is 19.3 Å². The van der Waals surface area contributed by atoms with E-state index in [4.69, 9.17) is 10.5 Å². The number of carbonyl (C=O) groups is 1. The molecule has 1 aliphatic rings. The van der Waals surface area contributed by atoms with Crippen molar-refractivity contribution >= 4 is 5.91 Å². The zero-order chi connectivity index (χ0) is 13.7. The molecule has 0 bridgehead atoms. The van der Waals surface area contributed by atoms with E-state index in [9.17, 15) is 4.79 Å². The zero-order valence-electron chi connectivity index (χ0n) is 11.5. The van der Waals surface area contributed by atoms with Gasteiger partial charge in [0.25, 0.3) is 0 Å². The Labute approximate surface area is 114 Å². The molecule has 0 aromatic heterocycles. The lowest BCUT2D eigenvalue weighted by Crippen LogP contribution is -2.36. The van der Waals surface area contributed by atoms with E-state index >= 15 is 0 Å². The third-order valence-electron chi connectivity index (χ3n) is 3.72. The highest BCUT2D eigenvalue weighted by atomic mass is 16.5. The minimum Gasteiger partial charge on any atom is -0.493 e. The molecule has 0 saturated heterocycles. The van der Waals surface area contributed by atoms with Crippen LogP contribution in [0.5, 0.6) is 5.75 Å². The average molecular weight is 262 g/mol. The maximum absolute atomic E-state index is 12.0. The van der Waals surface area contributed by atoms with Gasteiger partial charge in [0.15, 0.2) is 0 Å². The Morgan fingerprint density at radius 1 is 1.37 bits per heavy atom. The molecule has 0 radical (unpaired) electrons. The van der Waals surface area contributed by atoms with Crippen molar-refractivity contribution in [3.63, 3.8) is 0 Å². The normalized spacial score (nSPS) is 15.9. The number of ether oxygens (including phenoxy) is 1. The van der Waals surface area contributed by atoms with Crippen LogP contribution in [-0.4, -0.2) is 37.6 Å². The van der Waals surface area contributed by atoms with E-state index in [0.29, 0.717) is 19.6 Å². The molecule has 4 heteroatoms. The summed E-state index contributed by atoms with van der Waals surface area (Å²) in [6.07, 6.45) is 2.69. The van der Waals surface area contributed by atoms with Crippen LogP contribution in [-0.2, 0) is 4.79 Å². The summed E-state index contributed by atoms with van der Waals surface area (Å²) >= 11 is 0. The van der Waals surface area contributed by atoms with Gasteiger partial charge in [-0.05, 0) is 31.5 Å². The molecule has 1 fully saturated rings. The highest BCUT2D eigenvalue weighted by Crippen LogP contribution is 2.44. The van der Waals surface area contributed by atoms with Crippen LogP contribution in [0.25, 0.3) is 0 Å². The number of benzene rings is 1. The molecule has 0 unspecified atom stereocenters. The van der Waals surface area contributed by atoms with Gasteiger partial charge in [-0.1, -0.05) is 18.2 Å². The molecule has 2 N–H and O–H groups in total. The number of nitrogens with zero attached hydrogens (tertiary/aromatic N) is 1. The van der Waals surface area contributed by atoms with Gasteiger partial charge in [-0.15, -0.1) is 0 Å². The van der Waals surface area contributed by atoms with Gasteiger partial charge >= 0.3 is 0 Å². The van der Waals surface area contributed by atoms with Gasteiger partial charge in [-0.2, -0.15) is 0 Å². The van der Waals surface area contributed by atoms with Gasteiger partial charge in [-0.3, -0.25) is 4.79 Å². The topological polar surface area (TPSA) is 55.6 Å². The van der Waals surface area contributed by atoms with Crippen LogP contribution in [0.3, 0.4) is 0 Å². The Balaban J connectivity index is 1.69. The Morgan fingerprint density at radius 3 is 2.63 bits per heavy atom. The van der Waals surface area contributed by atoms with Crippen LogP contribution in [0.1, 0.15) is 19.3 Å². The SMILES string of the molecule is CN(CC1(CN)CC1)C(=O)CCOc1ccccc1. The summed E-state index contributed by atoms with van der Waals surface area (Å²) < 4.78 is 5.53. The van der Waals surface area contributed by atoms with Crippen molar-refractivity contribution in [2.75, 3.05) is 26.7 Å². The molecule has 19 heavy (non-hydrogen) atoms. The fourth-order valence-electron chi connectivity index (χ4n) is 2.16. The largest absolute Gasteiger partial charge is 0.493 e. The van der Waals surface area contributed by atoms with Crippen LogP contribution in [0.4, 0.5) is 0 Å². The minimum atomic E-state index is 0.121. The number of para-hydroxylation sites is 1. The van der Waals surface area contributed by atoms with Crippen LogP contribution >= 0.6 is 0 Å². The molecular weight excluding hydrogens is 240 g/mol. The lowest BCUT2D eigenvalue weighted by atomic mass is 10.1. The first-order valence-corrected chi connectivity index (χ1v) is 6.77. The predicted molar refractivity (Wildman–Crippen MR) is 74.9 cm³/mol. The molecule has 1 saturated carbocycles. The number of amides is 1. The standard InChI is InChI=1S/C15H22N2O2/c1-17(12-15(11-16)8-9-15)14(18)7-10-19-13-5-3-2-4-6-13/h2-6H,7-12,16H2,1H3. The summed E-state index contributed by atoms with van der Waals surface area (Å²) in [5, 5.41) is 0. The first-order valence-electron chi connectivity index (χ1n) is 6.77. The summed E-state index contributed by atoms with van der Waals surface area (Å²) in [6.45, 7) is 1.86. The Kier molecular flexibility index (Phi) is 4.43. The van der Waals surface area contributed by atoms with Crippen molar-refractivity contribution in [2.24, 2.45) is 11.1 Å². The van der Waals surface area contributed by atoms with Crippen LogP contribution in [0, 0.1) is 5.41 Å². The summed E-state index contributed by atoms with van der Waals surface area (Å²) in [4.78, 5) is 13.7. The van der Waals surface area contributed by atoms with Crippen molar-refractivity contribution in [1.82, 2.24) is 4.90 Å². The monoisotopic (exact) mass is 262 g/mol. The van der Waals surface area contributed by atoms with Crippen molar-refractivity contribution in [1.29, 1.82) is 0 Å². The number of nitrogens with two attached hydrogens (primary N) is 1. The Bertz CT molecular complexity index is 415. The van der Waals surface area contributed by atoms with Crippen molar-refractivity contribution in [3.05, 3.63) is 30.3 Å². The zero-order valence-corrected chi connectivity index (χ0v) is 11.5. The molecule has 2 rings (SSSR count). The fraction of sp³-hybridized carbons (Fsp3) is 0.533. The molecule has 0 heterocycles. The first-order chi connectivity index (χ1) is 9.15. The maximum Gasteiger partial charge on any atom is 0.225 e. The van der Waals surface area contributed by atoms with Gasteiger partial charge in [-0.25, -0.2) is 0 Å². The first kappa shape index (κ1) is 13.9. The van der Waals surface area contributed by atoms with E-state index in [2.05, 4.69) is 0 Å². The molecule has 0 spiro atoms. The van der Waals surface area contributed by atoms with Crippen LogP contribution in [0.2, 0.25) is 0 Å². The highest BCUT2D eigenvalue weighted by molar-refractivity contribution is 5.76. The average Bonchev–Trinajstić information content (AvgIpc) is 3.20. The number of hydrogen-bond donors (Lipinski definition) is 1. The smallest absolute Gasteiger partial charge is 0.225 e. The summed E-state index contributed by atoms with van der Waals surface area (Å²) in [5.41, 5.74) is 5.93. The summed E-state index contributed by atoms with van der Waals surface area (Å²) in [6, 6.07) is 9.56. The van der Waals surface area contributed by atoms with E-state index in [1.54, 1.807) is 4.90 Å². The second-order valence-electron chi connectivity index (χ2n) is 5.37. The highest BCUT2D eigenvalue weighted by Gasteiger charge is 2.42. The Morgan fingerprint density at radius 2 is 2.05 bits per heavy atom. The minimum absolute atomic E-state index is 0.121. The summed E-state index contributed by atoms with van der Waals surface area (Å²) in [7, 11) is 1.85. The molecule has 4 nitrogen and oxygen atoms in total. The van der Waals surface area contributed by atoms with E-state index in [0.717, 1.165) is 25.1 Å². The van der Waals surface area contributed by atoms with Gasteiger partial charge in [0.2, 0.25) is 5.91 Å². The van der Waals surface area contributed by atoms with Gasteiger partial charge in [0.1, 0.15) is 5.75 Å². The lowest BCUT2D eigenvalue weighted by Gasteiger charge is -2.22. The molecule has 1 aromatic rings. The van der Waals surface area contributed by atoms with Gasteiger partial charge in [0.05, 0.1) is 13.0 Å². The van der Waals surface area contributed by atoms with Gasteiger partial charge < -0.3 is 15.4 Å². The Hall–Kier alpha value is -1.55. The second kappa shape index (κ2) is 6.06. The van der Waals surface area contributed by atoms with E-state index < -0.39 is 0 Å². The quantitative estimate of drug-likeness (QED) is 0.813. The van der Waals surface area contributed by atoms with Crippen LogP contribution < -0.4 is 10.5 Å². The number of hydrogen-bond acceptors (Lipinski definition) is 3. The third-order valence-corrected chi connectivity index (χ3v) is 3.72. The summed E-state index contributed by atoms with van der Waals surface area (Å²) in [5.74, 6) is 0.925. The predicted octanol–water partition coefficient (Wildman–Crippen LogP) is 1.65. The van der Waals surface area contributed by atoms with Crippen molar-refractivity contribution < 1.29 is 9.53 Å². The molecule has 1 amide bonds. The molecular formula is C15H22N2O2. The maximum atomic E-state index is 12.0. The van der Waals surface area contributed by atoms with E-state index in [1.165, 1.54) is 0 Å². The molecule has 0 atom stereocenters. The van der Waals surface area contributed by atoms with Gasteiger partial charge in [0, 0.05) is 19.0 Å². The lowest BCUT2D eigenvalue weighted by molar-refractivity contribution is -0.131. The van der Waals surface area contributed by atoms with E-state index in [-0.39, 0.29) is 11.3 Å². The second-order valence-corrected chi connectivity index (χ2v) is 5.37. The fourth-order valence-corrected chi connectivity index (χ4v) is 2.16. The molecule has 1 aromatic carbocycles. The molecule has 1 aliphatic carbocycles.